The smallest absolute Gasteiger partial charge is 0.359 e. The first-order valence-corrected chi connectivity index (χ1v) is 9.76. The van der Waals surface area contributed by atoms with Crippen LogP contribution in [0.2, 0.25) is 0 Å². The van der Waals surface area contributed by atoms with Crippen molar-refractivity contribution in [1.82, 2.24) is 4.31 Å². The fourth-order valence-electron chi connectivity index (χ4n) is 3.37. The van der Waals surface area contributed by atoms with Crippen LogP contribution < -0.4 is 10.9 Å². The van der Waals surface area contributed by atoms with E-state index in [2.05, 4.69) is 6.07 Å². The molecule has 126 valence electrons. The largest absolute Gasteiger partial charge is 0.443 e. The topological polar surface area (TPSA) is 40.5 Å². The Morgan fingerprint density at radius 1 is 0.840 bits per heavy atom. The predicted octanol–water partition coefficient (Wildman–Crippen LogP) is 2.06. The number of fused-ring (bicyclic) bond motifs is 1. The summed E-state index contributed by atoms with van der Waals surface area (Å²) in [7, 11) is -1.14. The molecule has 1 fully saturated rings. The maximum atomic E-state index is 12.7. The number of benzene rings is 3. The third kappa shape index (κ3) is 3.40. The lowest BCUT2D eigenvalue weighted by atomic mass is 9.56. The molecule has 0 aromatic heterocycles. The minimum Gasteiger partial charge on any atom is -0.443 e. The van der Waals surface area contributed by atoms with E-state index in [0.29, 0.717) is 0 Å². The Kier molecular flexibility index (Phi) is 4.71. The van der Waals surface area contributed by atoms with Crippen molar-refractivity contribution in [2.75, 3.05) is 13.1 Å². The van der Waals surface area contributed by atoms with E-state index in [0.717, 1.165) is 52.5 Å². The minimum absolute atomic E-state index is 0.722. The molecule has 1 atom stereocenters. The van der Waals surface area contributed by atoms with Gasteiger partial charge in [0.2, 0.25) is 0 Å². The van der Waals surface area contributed by atoms with Gasteiger partial charge >= 0.3 is 6.92 Å². The van der Waals surface area contributed by atoms with Crippen molar-refractivity contribution in [3.8, 4) is 0 Å². The zero-order chi connectivity index (χ0) is 17.2. The number of rotatable bonds is 4. The Balaban J connectivity index is 1.63. The summed E-state index contributed by atoms with van der Waals surface area (Å²) in [4.78, 5) is 0.763. The summed E-state index contributed by atoms with van der Waals surface area (Å²) >= 11 is 0. The second-order valence-corrected chi connectivity index (χ2v) is 7.95. The molecule has 3 aromatic rings. The van der Waals surface area contributed by atoms with E-state index >= 15 is 0 Å². The number of hydrogen-bond acceptors (Lipinski definition) is 2. The Hall–Kier alpha value is -1.95. The van der Waals surface area contributed by atoms with Crippen LogP contribution in [-0.4, -0.2) is 33.5 Å². The van der Waals surface area contributed by atoms with Crippen LogP contribution in [0.1, 0.15) is 12.8 Å². The third-order valence-corrected chi connectivity index (χ3v) is 6.26. The van der Waals surface area contributed by atoms with Gasteiger partial charge in [-0.2, -0.15) is 0 Å². The Morgan fingerprint density at radius 2 is 1.56 bits per heavy atom. The fourth-order valence-corrected chi connectivity index (χ4v) is 4.69. The van der Waals surface area contributed by atoms with Crippen molar-refractivity contribution < 1.29 is 9.23 Å². The number of hydrogen-bond donors (Lipinski definition) is 1. The molecule has 0 amide bonds. The van der Waals surface area contributed by atoms with Gasteiger partial charge in [0, 0.05) is 13.1 Å². The van der Waals surface area contributed by atoms with Crippen molar-refractivity contribution in [3.63, 3.8) is 0 Å². The molecule has 1 unspecified atom stereocenters. The van der Waals surface area contributed by atoms with Crippen molar-refractivity contribution in [3.05, 3.63) is 66.7 Å². The lowest BCUT2D eigenvalue weighted by Crippen LogP contribution is -2.42. The highest BCUT2D eigenvalue weighted by molar-refractivity contribution is 7.82. The molecule has 3 aromatic carbocycles. The molecule has 1 N–H and O–H groups in total. The molecule has 1 aliphatic heterocycles. The molecule has 0 radical (unpaired) electrons. The quantitative estimate of drug-likeness (QED) is 0.733. The molecule has 1 aliphatic rings. The first-order chi connectivity index (χ1) is 12.2. The van der Waals surface area contributed by atoms with Crippen LogP contribution in [0.4, 0.5) is 0 Å². The standard InChI is InChI=1S/C20H20BNO2S/c23-21(19-11-10-16-6-1-2-7-17(16)14-19)18-8-5-9-20(15-18)25(24)22-12-3-4-13-22/h1-2,5-11,14-15,23H,3-4,12-13H2. The van der Waals surface area contributed by atoms with Gasteiger partial charge in [0.1, 0.15) is 11.0 Å². The predicted molar refractivity (Wildman–Crippen MR) is 105 cm³/mol. The summed E-state index contributed by atoms with van der Waals surface area (Å²) in [5, 5.41) is 13.1. The van der Waals surface area contributed by atoms with Crippen LogP contribution in [-0.2, 0) is 11.0 Å². The van der Waals surface area contributed by atoms with Gasteiger partial charge in [-0.15, -0.1) is 0 Å². The van der Waals surface area contributed by atoms with Crippen LogP contribution in [0.5, 0.6) is 0 Å². The van der Waals surface area contributed by atoms with E-state index in [1.807, 2.05) is 65.0 Å². The average Bonchev–Trinajstić information content (AvgIpc) is 3.21. The van der Waals surface area contributed by atoms with E-state index in [-0.39, 0.29) is 0 Å². The van der Waals surface area contributed by atoms with Crippen molar-refractivity contribution >= 4 is 39.6 Å². The van der Waals surface area contributed by atoms with Gasteiger partial charge < -0.3 is 5.02 Å². The third-order valence-electron chi connectivity index (χ3n) is 4.76. The highest BCUT2D eigenvalue weighted by atomic mass is 32.2. The first-order valence-electron chi connectivity index (χ1n) is 8.66. The minimum atomic E-state index is -1.14. The summed E-state index contributed by atoms with van der Waals surface area (Å²) in [5.74, 6) is 0. The molecule has 0 bridgehead atoms. The first kappa shape index (κ1) is 16.5. The Bertz CT molecular complexity index is 924. The molecule has 0 saturated carbocycles. The van der Waals surface area contributed by atoms with Crippen LogP contribution >= 0.6 is 0 Å². The maximum absolute atomic E-state index is 12.7. The SMILES string of the molecule is O=S(c1cccc(B(O)c2ccc3ccccc3c2)c1)N1CCCC1. The van der Waals surface area contributed by atoms with Gasteiger partial charge in [-0.1, -0.05) is 54.6 Å². The van der Waals surface area contributed by atoms with Gasteiger partial charge in [-0.3, -0.25) is 0 Å². The van der Waals surface area contributed by atoms with Crippen molar-refractivity contribution in [2.24, 2.45) is 0 Å². The van der Waals surface area contributed by atoms with Crippen molar-refractivity contribution in [2.45, 2.75) is 17.7 Å². The zero-order valence-electron chi connectivity index (χ0n) is 14.0. The van der Waals surface area contributed by atoms with Crippen LogP contribution in [0.3, 0.4) is 0 Å². The summed E-state index contributed by atoms with van der Waals surface area (Å²) in [6.07, 6.45) is 2.20. The van der Waals surface area contributed by atoms with Gasteiger partial charge in [0.15, 0.2) is 0 Å². The van der Waals surface area contributed by atoms with Crippen LogP contribution in [0.15, 0.2) is 71.6 Å². The zero-order valence-corrected chi connectivity index (χ0v) is 14.8. The van der Waals surface area contributed by atoms with Crippen LogP contribution in [0.25, 0.3) is 10.8 Å². The molecule has 1 saturated heterocycles. The molecule has 4 rings (SSSR count). The fraction of sp³-hybridized carbons (Fsp3) is 0.200. The van der Waals surface area contributed by atoms with Gasteiger partial charge in [0.25, 0.3) is 0 Å². The van der Waals surface area contributed by atoms with Gasteiger partial charge in [-0.25, -0.2) is 8.51 Å². The number of nitrogens with zero attached hydrogens (tertiary/aromatic N) is 1. The summed E-state index contributed by atoms with van der Waals surface area (Å²) in [6, 6.07) is 21.6. The van der Waals surface area contributed by atoms with E-state index < -0.39 is 17.9 Å². The summed E-state index contributed by atoms with van der Waals surface area (Å²) in [5.41, 5.74) is 1.63. The highest BCUT2D eigenvalue weighted by Gasteiger charge is 2.22. The molecule has 5 heteroatoms. The summed E-state index contributed by atoms with van der Waals surface area (Å²) < 4.78 is 14.7. The van der Waals surface area contributed by atoms with E-state index in [1.165, 1.54) is 0 Å². The second-order valence-electron chi connectivity index (χ2n) is 6.47. The molecule has 1 heterocycles. The molecule has 3 nitrogen and oxygen atoms in total. The van der Waals surface area contributed by atoms with E-state index in [9.17, 15) is 9.23 Å². The lowest BCUT2D eigenvalue weighted by Gasteiger charge is -2.15. The van der Waals surface area contributed by atoms with E-state index in [4.69, 9.17) is 0 Å². The molecule has 0 spiro atoms. The maximum Gasteiger partial charge on any atom is 0.359 e. The summed E-state index contributed by atoms with van der Waals surface area (Å²) in [6.45, 7) is 1.04. The normalized spacial score (nSPS) is 16.2. The Morgan fingerprint density at radius 3 is 2.36 bits per heavy atom. The van der Waals surface area contributed by atoms with Gasteiger partial charge in [0.05, 0.1) is 4.90 Å². The lowest BCUT2D eigenvalue weighted by molar-refractivity contribution is 0.536. The molecule has 25 heavy (non-hydrogen) atoms. The monoisotopic (exact) mass is 349 g/mol. The van der Waals surface area contributed by atoms with Gasteiger partial charge in [-0.05, 0) is 46.7 Å². The van der Waals surface area contributed by atoms with E-state index in [1.54, 1.807) is 0 Å². The van der Waals surface area contributed by atoms with Crippen LogP contribution in [0, 0.1) is 0 Å². The second kappa shape index (κ2) is 7.12. The Labute approximate surface area is 151 Å². The average molecular weight is 349 g/mol. The molecule has 0 aliphatic carbocycles. The molecular weight excluding hydrogens is 329 g/mol. The van der Waals surface area contributed by atoms with Crippen molar-refractivity contribution in [1.29, 1.82) is 0 Å². The highest BCUT2D eigenvalue weighted by Crippen LogP contribution is 2.16. The molecular formula is C20H20BNO2S.